The van der Waals surface area contributed by atoms with Crippen molar-refractivity contribution in [3.63, 3.8) is 0 Å². The molecule has 2 atom stereocenters. The number of fused-ring (bicyclic) bond motifs is 4. The van der Waals surface area contributed by atoms with E-state index in [1.165, 1.54) is 30.1 Å². The van der Waals surface area contributed by atoms with Crippen molar-refractivity contribution in [2.75, 3.05) is 17.7 Å². The highest BCUT2D eigenvalue weighted by atomic mass is 35.5. The lowest BCUT2D eigenvalue weighted by atomic mass is 9.94. The van der Waals surface area contributed by atoms with E-state index in [0.29, 0.717) is 28.2 Å². The first-order chi connectivity index (χ1) is 21.0. The molecule has 14 heteroatoms. The lowest BCUT2D eigenvalue weighted by Gasteiger charge is -2.22. The summed E-state index contributed by atoms with van der Waals surface area (Å²) in [5, 5.41) is 16.0. The molecule has 44 heavy (non-hydrogen) atoms. The average molecular weight is 620 g/mol. The molecule has 0 aliphatic carbocycles. The number of carbonyl (C=O) groups excluding carboxylic acids is 4. The van der Waals surface area contributed by atoms with Crippen molar-refractivity contribution in [2.24, 2.45) is 5.92 Å². The third-order valence-electron chi connectivity index (χ3n) is 7.15. The topological polar surface area (TPSA) is 157 Å². The van der Waals surface area contributed by atoms with Crippen LogP contribution in [0.4, 0.5) is 20.6 Å². The van der Waals surface area contributed by atoms with Gasteiger partial charge in [-0.15, -0.1) is 5.10 Å². The maximum Gasteiger partial charge on any atom is 0.411 e. The summed E-state index contributed by atoms with van der Waals surface area (Å²) in [5.41, 5.74) is 2.60. The summed E-state index contributed by atoms with van der Waals surface area (Å²) in [4.78, 5) is 55.9. The monoisotopic (exact) mass is 619 g/mol. The summed E-state index contributed by atoms with van der Waals surface area (Å²) >= 11 is 5.92. The molecule has 2 bridgehead atoms. The van der Waals surface area contributed by atoms with Gasteiger partial charge in [0, 0.05) is 36.2 Å². The molecule has 3 amide bonds. The zero-order valence-corrected chi connectivity index (χ0v) is 24.6. The molecule has 3 heterocycles. The molecule has 226 valence electrons. The zero-order valence-electron chi connectivity index (χ0n) is 23.9. The van der Waals surface area contributed by atoms with Gasteiger partial charge in [0.1, 0.15) is 11.5 Å². The highest BCUT2D eigenvalue weighted by Gasteiger charge is 2.28. The van der Waals surface area contributed by atoms with Gasteiger partial charge in [-0.3, -0.25) is 24.7 Å². The van der Waals surface area contributed by atoms with Gasteiger partial charge in [-0.2, -0.15) is 0 Å². The molecule has 2 aromatic carbocycles. The summed E-state index contributed by atoms with van der Waals surface area (Å²) in [6.07, 6.45) is 0.598. The van der Waals surface area contributed by atoms with Crippen LogP contribution >= 0.6 is 11.6 Å². The van der Waals surface area contributed by atoms with Gasteiger partial charge in [0.2, 0.25) is 5.91 Å². The number of hydrogen-bond donors (Lipinski definition) is 3. The standard InChI is InChI=1S/C30H27ClFN7O5/c1-15-11-19(40)14-24(36-29(42)27-16(2)39(38-37-27)25-6-4-5-21(31)26(25)32)23-12-17(9-10-33-23)20-8-7-18(34-30(43)44-3)13-22(20)35-28(15)41/h4-10,12-13,15,24H,11,14H2,1-3H3,(H,34,43)(H,35,41)(H,36,42). The largest absolute Gasteiger partial charge is 0.453 e. The molecule has 4 aromatic rings. The fourth-order valence-electron chi connectivity index (χ4n) is 4.83. The fourth-order valence-corrected chi connectivity index (χ4v) is 5.00. The van der Waals surface area contributed by atoms with Crippen molar-refractivity contribution in [2.45, 2.75) is 32.7 Å². The number of carbonyl (C=O) groups is 4. The van der Waals surface area contributed by atoms with E-state index in [-0.39, 0.29) is 40.7 Å². The molecule has 0 radical (unpaired) electrons. The second-order valence-corrected chi connectivity index (χ2v) is 10.6. The molecular weight excluding hydrogens is 593 g/mol. The zero-order chi connectivity index (χ0) is 31.5. The van der Waals surface area contributed by atoms with Crippen molar-refractivity contribution >= 4 is 46.7 Å². The first-order valence-electron chi connectivity index (χ1n) is 13.5. The lowest BCUT2D eigenvalue weighted by molar-refractivity contribution is -0.126. The van der Waals surface area contributed by atoms with E-state index in [1.807, 2.05) is 0 Å². The Morgan fingerprint density at radius 2 is 1.93 bits per heavy atom. The maximum atomic E-state index is 14.7. The Labute approximate surface area is 256 Å². The van der Waals surface area contributed by atoms with Crippen LogP contribution in [0, 0.1) is 18.7 Å². The van der Waals surface area contributed by atoms with E-state index in [9.17, 15) is 23.6 Å². The third kappa shape index (κ3) is 6.27. The number of ketones is 1. The van der Waals surface area contributed by atoms with Crippen LogP contribution in [0.2, 0.25) is 5.02 Å². The first-order valence-corrected chi connectivity index (χ1v) is 13.9. The molecule has 0 spiro atoms. The van der Waals surface area contributed by atoms with E-state index in [2.05, 4.69) is 36.0 Å². The fraction of sp³-hybridized carbons (Fsp3) is 0.233. The number of hydrogen-bond acceptors (Lipinski definition) is 8. The van der Waals surface area contributed by atoms with Gasteiger partial charge in [-0.1, -0.05) is 35.9 Å². The molecular formula is C30H27ClFN7O5. The van der Waals surface area contributed by atoms with Crippen LogP contribution in [0.5, 0.6) is 0 Å². The number of halogens is 2. The number of amides is 3. The Kier molecular flexibility index (Phi) is 8.67. The van der Waals surface area contributed by atoms with Crippen molar-refractivity contribution in [1.82, 2.24) is 25.3 Å². The Morgan fingerprint density at radius 3 is 2.70 bits per heavy atom. The number of nitrogens with one attached hydrogen (secondary N) is 3. The van der Waals surface area contributed by atoms with E-state index in [4.69, 9.17) is 11.6 Å². The minimum atomic E-state index is -0.888. The Bertz CT molecular complexity index is 1790. The first kappa shape index (κ1) is 30.3. The Hall–Kier alpha value is -5.17. The number of rotatable bonds is 4. The molecule has 2 unspecified atom stereocenters. The minimum absolute atomic E-state index is 0.0213. The van der Waals surface area contributed by atoms with Crippen LogP contribution in [0.3, 0.4) is 0 Å². The molecule has 1 aliphatic rings. The Balaban J connectivity index is 1.51. The normalized spacial score (nSPS) is 16.6. The molecule has 0 saturated heterocycles. The van der Waals surface area contributed by atoms with Crippen molar-refractivity contribution < 1.29 is 28.3 Å². The SMILES string of the molecule is COC(=O)Nc1ccc2c(c1)NC(=O)C(C)CC(=O)CC(NC(=O)c1nnn(-c3cccc(Cl)c3F)c1C)c1cc-2ccn1. The second kappa shape index (κ2) is 12.6. The predicted octanol–water partition coefficient (Wildman–Crippen LogP) is 5.02. The van der Waals surface area contributed by atoms with Crippen LogP contribution in [0.15, 0.2) is 54.7 Å². The van der Waals surface area contributed by atoms with Crippen molar-refractivity contribution in [1.29, 1.82) is 0 Å². The number of nitrogens with zero attached hydrogens (tertiary/aromatic N) is 4. The van der Waals surface area contributed by atoms with Gasteiger partial charge in [-0.05, 0) is 48.9 Å². The maximum absolute atomic E-state index is 14.7. The number of methoxy groups -OCH3 is 1. The second-order valence-electron chi connectivity index (χ2n) is 10.2. The third-order valence-corrected chi connectivity index (χ3v) is 7.44. The predicted molar refractivity (Wildman–Crippen MR) is 159 cm³/mol. The molecule has 0 saturated carbocycles. The number of aromatic nitrogens is 4. The van der Waals surface area contributed by atoms with E-state index < -0.39 is 35.7 Å². The molecule has 1 aliphatic heterocycles. The summed E-state index contributed by atoms with van der Waals surface area (Å²) in [6.45, 7) is 3.18. The number of anilines is 2. The van der Waals surface area contributed by atoms with Gasteiger partial charge in [-0.25, -0.2) is 13.9 Å². The average Bonchev–Trinajstić information content (AvgIpc) is 3.38. The lowest BCUT2D eigenvalue weighted by Crippen LogP contribution is -2.32. The van der Waals surface area contributed by atoms with Gasteiger partial charge < -0.3 is 15.4 Å². The Morgan fingerprint density at radius 1 is 1.14 bits per heavy atom. The summed E-state index contributed by atoms with van der Waals surface area (Å²) in [6, 6.07) is 11.9. The number of Topliss-reactive ketones (excluding diaryl/α,β-unsaturated/α-hetero) is 1. The van der Waals surface area contributed by atoms with Gasteiger partial charge in [0.05, 0.1) is 35.2 Å². The van der Waals surface area contributed by atoms with Gasteiger partial charge >= 0.3 is 6.09 Å². The highest BCUT2D eigenvalue weighted by molar-refractivity contribution is 6.30. The molecule has 3 N–H and O–H groups in total. The summed E-state index contributed by atoms with van der Waals surface area (Å²) < 4.78 is 20.5. The van der Waals surface area contributed by atoms with Crippen molar-refractivity contribution in [3.05, 3.63) is 82.6 Å². The van der Waals surface area contributed by atoms with Crippen LogP contribution in [-0.2, 0) is 14.3 Å². The molecule has 5 rings (SSSR count). The molecule has 12 nitrogen and oxygen atoms in total. The molecule has 2 aromatic heterocycles. The summed E-state index contributed by atoms with van der Waals surface area (Å²) in [7, 11) is 1.24. The number of pyridine rings is 1. The van der Waals surface area contributed by atoms with Crippen LogP contribution in [0.25, 0.3) is 16.8 Å². The highest BCUT2D eigenvalue weighted by Crippen LogP contribution is 2.34. The van der Waals surface area contributed by atoms with Crippen LogP contribution in [-0.4, -0.2) is 50.8 Å². The smallest absolute Gasteiger partial charge is 0.411 e. The van der Waals surface area contributed by atoms with Crippen LogP contribution < -0.4 is 16.0 Å². The quantitative estimate of drug-likeness (QED) is 0.287. The van der Waals surface area contributed by atoms with E-state index >= 15 is 0 Å². The van der Waals surface area contributed by atoms with Gasteiger partial charge in [0.15, 0.2) is 11.5 Å². The van der Waals surface area contributed by atoms with Gasteiger partial charge in [0.25, 0.3) is 5.91 Å². The number of ether oxygens (including phenoxy) is 1. The minimum Gasteiger partial charge on any atom is -0.453 e. The molecule has 0 fully saturated rings. The van der Waals surface area contributed by atoms with E-state index in [1.54, 1.807) is 50.2 Å². The van der Waals surface area contributed by atoms with E-state index in [0.717, 1.165) is 0 Å². The van der Waals surface area contributed by atoms with Crippen LogP contribution in [0.1, 0.15) is 47.7 Å². The number of benzene rings is 2. The summed E-state index contributed by atoms with van der Waals surface area (Å²) in [5.74, 6) is -2.76. The van der Waals surface area contributed by atoms with Crippen molar-refractivity contribution in [3.8, 4) is 16.8 Å².